The summed E-state index contributed by atoms with van der Waals surface area (Å²) in [5.41, 5.74) is 0.559. The van der Waals surface area contributed by atoms with Crippen molar-refractivity contribution in [3.8, 4) is 11.5 Å². The van der Waals surface area contributed by atoms with Gasteiger partial charge in [-0.25, -0.2) is 4.79 Å². The molecule has 0 saturated carbocycles. The number of aryl methyl sites for hydroxylation is 1. The number of nitrogens with zero attached hydrogens (tertiary/aromatic N) is 2. The second-order valence-electron chi connectivity index (χ2n) is 9.87. The van der Waals surface area contributed by atoms with Crippen LogP contribution in [0.25, 0.3) is 0 Å². The first-order chi connectivity index (χ1) is 17.1. The smallest absolute Gasteiger partial charge is 0.325 e. The van der Waals surface area contributed by atoms with Crippen LogP contribution in [0.3, 0.4) is 0 Å². The number of likely N-dealkylation sites (tertiary alicyclic amines) is 1. The Kier molecular flexibility index (Phi) is 6.95. The Hall–Kier alpha value is -3.06. The van der Waals surface area contributed by atoms with Crippen LogP contribution >= 0.6 is 0 Å². The molecule has 2 fully saturated rings. The van der Waals surface area contributed by atoms with Crippen molar-refractivity contribution < 1.29 is 19.1 Å². The molecule has 7 nitrogen and oxygen atoms in total. The molecule has 7 heteroatoms. The van der Waals surface area contributed by atoms with E-state index in [1.165, 1.54) is 10.5 Å². The molecule has 3 amide bonds. The molecule has 0 aromatic heterocycles. The van der Waals surface area contributed by atoms with Gasteiger partial charge in [-0.1, -0.05) is 49.4 Å². The summed E-state index contributed by atoms with van der Waals surface area (Å²) in [4.78, 5) is 30.4. The summed E-state index contributed by atoms with van der Waals surface area (Å²) < 4.78 is 11.8. The van der Waals surface area contributed by atoms with Crippen LogP contribution in [0, 0.1) is 5.92 Å². The molecule has 0 unspecified atom stereocenters. The highest BCUT2D eigenvalue weighted by molar-refractivity contribution is 6.07. The molecule has 0 bridgehead atoms. The lowest BCUT2D eigenvalue weighted by Crippen LogP contribution is -2.56. The number of para-hydroxylation sites is 2. The topological polar surface area (TPSA) is 71.1 Å². The zero-order valence-corrected chi connectivity index (χ0v) is 20.4. The van der Waals surface area contributed by atoms with Gasteiger partial charge < -0.3 is 19.7 Å². The summed E-state index contributed by atoms with van der Waals surface area (Å²) in [5.74, 6) is 1.37. The predicted octanol–water partition coefficient (Wildman–Crippen LogP) is 3.87. The van der Waals surface area contributed by atoms with Gasteiger partial charge in [0, 0.05) is 0 Å². The minimum atomic E-state index is -0.819. The number of hydrogen-bond acceptors (Lipinski definition) is 5. The number of hydrogen-bond donors (Lipinski definition) is 1. The predicted molar refractivity (Wildman–Crippen MR) is 134 cm³/mol. The van der Waals surface area contributed by atoms with Crippen LogP contribution in [0.4, 0.5) is 4.79 Å². The number of benzene rings is 2. The minimum absolute atomic E-state index is 0.116. The number of carbonyl (C=O) groups is 2. The van der Waals surface area contributed by atoms with Crippen molar-refractivity contribution in [2.45, 2.75) is 50.7 Å². The Morgan fingerprint density at radius 2 is 1.71 bits per heavy atom. The van der Waals surface area contributed by atoms with Crippen LogP contribution in [0.5, 0.6) is 11.5 Å². The third-order valence-electron chi connectivity index (χ3n) is 7.78. The quantitative estimate of drug-likeness (QED) is 0.585. The Balaban J connectivity index is 1.16. The van der Waals surface area contributed by atoms with Crippen molar-refractivity contribution >= 4 is 11.9 Å². The van der Waals surface area contributed by atoms with Gasteiger partial charge in [-0.2, -0.15) is 0 Å². The molecule has 2 aromatic carbocycles. The average Bonchev–Trinajstić information content (AvgIpc) is 3.15. The Morgan fingerprint density at radius 1 is 1.00 bits per heavy atom. The van der Waals surface area contributed by atoms with Crippen LogP contribution in [-0.4, -0.2) is 66.2 Å². The highest BCUT2D eigenvalue weighted by atomic mass is 16.6. The van der Waals surface area contributed by atoms with E-state index in [9.17, 15) is 9.59 Å². The molecule has 2 atom stereocenters. The monoisotopic (exact) mass is 477 g/mol. The minimum Gasteiger partial charge on any atom is -0.486 e. The van der Waals surface area contributed by atoms with Gasteiger partial charge in [0.05, 0.1) is 6.54 Å². The van der Waals surface area contributed by atoms with Gasteiger partial charge in [-0.15, -0.1) is 0 Å². The lowest BCUT2D eigenvalue weighted by atomic mass is 9.75. The number of rotatable bonds is 8. The molecule has 0 spiro atoms. The van der Waals surface area contributed by atoms with E-state index in [1.54, 1.807) is 0 Å². The molecule has 2 aromatic rings. The van der Waals surface area contributed by atoms with Crippen LogP contribution in [0.15, 0.2) is 54.6 Å². The molecular formula is C28H35N3O4. The molecule has 0 radical (unpaired) electrons. The lowest BCUT2D eigenvalue weighted by molar-refractivity contribution is -0.135. The lowest BCUT2D eigenvalue weighted by Gasteiger charge is -2.40. The average molecular weight is 478 g/mol. The molecule has 3 aliphatic rings. The van der Waals surface area contributed by atoms with Gasteiger partial charge in [0.2, 0.25) is 0 Å². The summed E-state index contributed by atoms with van der Waals surface area (Å²) in [6.45, 7) is 5.49. The summed E-state index contributed by atoms with van der Waals surface area (Å²) in [6, 6.07) is 17.8. The maximum atomic E-state index is 13.6. The summed E-state index contributed by atoms with van der Waals surface area (Å²) in [7, 11) is 0. The van der Waals surface area contributed by atoms with Crippen LogP contribution in [0.1, 0.15) is 38.2 Å². The Morgan fingerprint density at radius 3 is 2.46 bits per heavy atom. The van der Waals surface area contributed by atoms with Crippen molar-refractivity contribution in [1.82, 2.24) is 15.1 Å². The van der Waals surface area contributed by atoms with Gasteiger partial charge in [0.15, 0.2) is 17.6 Å². The number of amides is 3. The molecule has 5 rings (SSSR count). The van der Waals surface area contributed by atoms with Gasteiger partial charge in [0.1, 0.15) is 12.1 Å². The molecule has 2 saturated heterocycles. The van der Waals surface area contributed by atoms with Gasteiger partial charge in [-0.3, -0.25) is 9.69 Å². The van der Waals surface area contributed by atoms with Crippen molar-refractivity contribution in [2.75, 3.05) is 32.8 Å². The number of urea groups is 1. The molecule has 3 aliphatic heterocycles. The van der Waals surface area contributed by atoms with Gasteiger partial charge in [-0.05, 0) is 75.4 Å². The number of imide groups is 1. The van der Waals surface area contributed by atoms with Crippen molar-refractivity contribution in [3.63, 3.8) is 0 Å². The van der Waals surface area contributed by atoms with E-state index in [-0.39, 0.29) is 30.5 Å². The van der Waals surface area contributed by atoms with E-state index in [4.69, 9.17) is 9.47 Å². The molecule has 186 valence electrons. The molecule has 1 N–H and O–H groups in total. The number of piperidine rings is 1. The van der Waals surface area contributed by atoms with Gasteiger partial charge in [0.25, 0.3) is 5.91 Å². The van der Waals surface area contributed by atoms with E-state index in [1.807, 2.05) is 31.2 Å². The summed E-state index contributed by atoms with van der Waals surface area (Å²) >= 11 is 0. The fourth-order valence-electron chi connectivity index (χ4n) is 5.77. The second kappa shape index (κ2) is 10.3. The van der Waals surface area contributed by atoms with E-state index < -0.39 is 5.54 Å². The highest BCUT2D eigenvalue weighted by Gasteiger charge is 2.55. The highest BCUT2D eigenvalue weighted by Crippen LogP contribution is 2.37. The zero-order chi connectivity index (χ0) is 24.3. The van der Waals surface area contributed by atoms with Crippen molar-refractivity contribution in [3.05, 3.63) is 60.2 Å². The van der Waals surface area contributed by atoms with Crippen molar-refractivity contribution in [1.29, 1.82) is 0 Å². The molecular weight excluding hydrogens is 442 g/mol. The van der Waals surface area contributed by atoms with Gasteiger partial charge >= 0.3 is 6.03 Å². The number of fused-ring (bicyclic) bond motifs is 1. The number of ether oxygens (including phenoxy) is 2. The Bertz CT molecular complexity index is 1040. The largest absolute Gasteiger partial charge is 0.486 e. The van der Waals surface area contributed by atoms with Crippen LogP contribution in [0.2, 0.25) is 0 Å². The van der Waals surface area contributed by atoms with Crippen LogP contribution in [-0.2, 0) is 11.2 Å². The first kappa shape index (κ1) is 23.7. The maximum absolute atomic E-state index is 13.6. The summed E-state index contributed by atoms with van der Waals surface area (Å²) in [5, 5.41) is 3.10. The molecule has 3 heterocycles. The van der Waals surface area contributed by atoms with E-state index in [2.05, 4.69) is 40.5 Å². The fourth-order valence-corrected chi connectivity index (χ4v) is 5.77. The second-order valence-corrected chi connectivity index (χ2v) is 9.87. The Labute approximate surface area is 207 Å². The first-order valence-electron chi connectivity index (χ1n) is 12.9. The van der Waals surface area contributed by atoms with Crippen molar-refractivity contribution in [2.24, 2.45) is 5.92 Å². The van der Waals surface area contributed by atoms with E-state index >= 15 is 0 Å². The first-order valence-corrected chi connectivity index (χ1v) is 12.9. The third kappa shape index (κ3) is 4.87. The third-order valence-corrected chi connectivity index (χ3v) is 7.78. The number of nitrogens with one attached hydrogen (secondary N) is 1. The molecule has 35 heavy (non-hydrogen) atoms. The SMILES string of the molecule is CC[C@@]1(C2CCN(CCCc3ccccc3)CC2)NC(=O)N(C[C@@H]2COc3ccccc3O2)C1=O. The normalized spacial score (nSPS) is 25.1. The number of carbonyl (C=O) groups excluding carboxylic acids is 2. The van der Waals surface area contributed by atoms with Crippen LogP contribution < -0.4 is 14.8 Å². The summed E-state index contributed by atoms with van der Waals surface area (Å²) in [6.07, 6.45) is 4.26. The van der Waals surface area contributed by atoms with E-state index in [0.29, 0.717) is 24.5 Å². The molecule has 0 aliphatic carbocycles. The maximum Gasteiger partial charge on any atom is 0.325 e. The van der Waals surface area contributed by atoms with E-state index in [0.717, 1.165) is 45.3 Å². The fraction of sp³-hybridized carbons (Fsp3) is 0.500. The zero-order valence-electron chi connectivity index (χ0n) is 20.4. The standard InChI is InChI=1S/C28H35N3O4/c1-2-28(22-14-17-30(18-15-22)16-8-11-21-9-4-3-5-10-21)26(32)31(27(33)29-28)19-23-20-34-24-12-6-7-13-25(24)35-23/h3-7,9-10,12-13,22-23H,2,8,11,14-20H2,1H3,(H,29,33)/t23-,28+/m1/s1.